The van der Waals surface area contributed by atoms with E-state index in [-0.39, 0.29) is 6.10 Å². The van der Waals surface area contributed by atoms with Crippen LogP contribution in [0.3, 0.4) is 0 Å². The van der Waals surface area contributed by atoms with Crippen molar-refractivity contribution in [2.75, 3.05) is 7.11 Å². The van der Waals surface area contributed by atoms with Crippen LogP contribution >= 0.6 is 0 Å². The van der Waals surface area contributed by atoms with Gasteiger partial charge in [0.05, 0.1) is 24.8 Å². The van der Waals surface area contributed by atoms with Gasteiger partial charge in [0.2, 0.25) is 0 Å². The molecule has 0 saturated heterocycles. The molecule has 0 amide bonds. The standard InChI is InChI=1S/C25H25N3O3/c1-16-7-10-19(11-8-16)30-22-6-4-5-20-24(27-31-25(20)22)18-9-12-21(23(13-18)29-3)28-14-17(2)26-15-28/h7-15,22H,4-6H2,1-3H3. The van der Waals surface area contributed by atoms with Crippen molar-refractivity contribution in [3.8, 4) is 28.4 Å². The topological polar surface area (TPSA) is 62.3 Å². The minimum absolute atomic E-state index is 0.122. The third-order valence-corrected chi connectivity index (χ3v) is 5.75. The van der Waals surface area contributed by atoms with Crippen molar-refractivity contribution < 1.29 is 14.0 Å². The van der Waals surface area contributed by atoms with Gasteiger partial charge in [-0.05, 0) is 57.4 Å². The molecule has 0 bridgehead atoms. The van der Waals surface area contributed by atoms with Gasteiger partial charge in [0.25, 0.3) is 0 Å². The number of ether oxygens (including phenoxy) is 2. The highest BCUT2D eigenvalue weighted by Crippen LogP contribution is 2.40. The fourth-order valence-electron chi connectivity index (χ4n) is 4.12. The van der Waals surface area contributed by atoms with Gasteiger partial charge in [0.1, 0.15) is 17.2 Å². The average molecular weight is 415 g/mol. The quantitative estimate of drug-likeness (QED) is 0.424. The summed E-state index contributed by atoms with van der Waals surface area (Å²) in [6, 6.07) is 14.2. The van der Waals surface area contributed by atoms with Crippen LogP contribution in [0.2, 0.25) is 0 Å². The second-order valence-electron chi connectivity index (χ2n) is 7.99. The lowest BCUT2D eigenvalue weighted by Gasteiger charge is -2.22. The number of aryl methyl sites for hydroxylation is 2. The number of hydrogen-bond acceptors (Lipinski definition) is 5. The summed E-state index contributed by atoms with van der Waals surface area (Å²) in [6.45, 7) is 4.03. The number of nitrogens with zero attached hydrogens (tertiary/aromatic N) is 3. The molecule has 158 valence electrons. The zero-order valence-corrected chi connectivity index (χ0v) is 18.0. The Kier molecular flexibility index (Phi) is 4.98. The van der Waals surface area contributed by atoms with Crippen LogP contribution < -0.4 is 9.47 Å². The van der Waals surface area contributed by atoms with Crippen LogP contribution in [0.25, 0.3) is 16.9 Å². The van der Waals surface area contributed by atoms with Gasteiger partial charge in [-0.1, -0.05) is 28.9 Å². The molecule has 6 heteroatoms. The molecular weight excluding hydrogens is 390 g/mol. The summed E-state index contributed by atoms with van der Waals surface area (Å²) < 4.78 is 19.7. The van der Waals surface area contributed by atoms with Gasteiger partial charge in [-0.25, -0.2) is 4.98 Å². The lowest BCUT2D eigenvalue weighted by atomic mass is 9.92. The number of rotatable bonds is 5. The van der Waals surface area contributed by atoms with Gasteiger partial charge in [-0.3, -0.25) is 0 Å². The van der Waals surface area contributed by atoms with E-state index in [0.717, 1.165) is 64.7 Å². The maximum Gasteiger partial charge on any atom is 0.181 e. The molecule has 2 heterocycles. The first kappa shape index (κ1) is 19.4. The van der Waals surface area contributed by atoms with E-state index in [9.17, 15) is 0 Å². The Labute approximate surface area is 181 Å². The van der Waals surface area contributed by atoms with Crippen molar-refractivity contribution in [1.82, 2.24) is 14.7 Å². The molecule has 1 unspecified atom stereocenters. The molecule has 2 aromatic carbocycles. The van der Waals surface area contributed by atoms with Crippen LogP contribution in [-0.2, 0) is 6.42 Å². The summed E-state index contributed by atoms with van der Waals surface area (Å²) in [6.07, 6.45) is 6.51. The van der Waals surface area contributed by atoms with E-state index in [1.807, 2.05) is 42.0 Å². The lowest BCUT2D eigenvalue weighted by molar-refractivity contribution is 0.144. The molecule has 31 heavy (non-hydrogen) atoms. The van der Waals surface area contributed by atoms with Crippen molar-refractivity contribution in [2.24, 2.45) is 0 Å². The van der Waals surface area contributed by atoms with Crippen LogP contribution in [-0.4, -0.2) is 21.8 Å². The SMILES string of the molecule is COc1cc(-c2noc3c2CCCC3Oc2ccc(C)cc2)ccc1-n1cnc(C)c1. The Balaban J connectivity index is 1.47. The molecule has 0 spiro atoms. The molecule has 0 saturated carbocycles. The van der Waals surface area contributed by atoms with Crippen molar-refractivity contribution in [3.63, 3.8) is 0 Å². The number of methoxy groups -OCH3 is 1. The summed E-state index contributed by atoms with van der Waals surface area (Å²) in [5.74, 6) is 2.44. The molecule has 0 N–H and O–H groups in total. The van der Waals surface area contributed by atoms with E-state index >= 15 is 0 Å². The molecule has 1 atom stereocenters. The summed E-state index contributed by atoms with van der Waals surface area (Å²) in [5.41, 5.74) is 6.05. The lowest BCUT2D eigenvalue weighted by Crippen LogP contribution is -2.14. The molecule has 5 rings (SSSR count). The van der Waals surface area contributed by atoms with Gasteiger partial charge >= 0.3 is 0 Å². The van der Waals surface area contributed by atoms with Crippen molar-refractivity contribution in [3.05, 3.63) is 77.6 Å². The first-order valence-electron chi connectivity index (χ1n) is 10.5. The molecule has 1 aliphatic rings. The summed E-state index contributed by atoms with van der Waals surface area (Å²) >= 11 is 0. The second kappa shape index (κ2) is 7.95. The maximum atomic E-state index is 6.24. The van der Waals surface area contributed by atoms with Crippen LogP contribution in [0, 0.1) is 13.8 Å². The first-order chi connectivity index (χ1) is 15.1. The van der Waals surface area contributed by atoms with Crippen LogP contribution in [0.5, 0.6) is 11.5 Å². The van der Waals surface area contributed by atoms with Gasteiger partial charge in [-0.2, -0.15) is 0 Å². The Morgan fingerprint density at radius 1 is 1.10 bits per heavy atom. The molecule has 4 aromatic rings. The van der Waals surface area contributed by atoms with Crippen LogP contribution in [0.1, 0.15) is 41.5 Å². The molecule has 0 aliphatic heterocycles. The van der Waals surface area contributed by atoms with Crippen LogP contribution in [0.4, 0.5) is 0 Å². The minimum atomic E-state index is -0.122. The fourth-order valence-corrected chi connectivity index (χ4v) is 4.12. The van der Waals surface area contributed by atoms with E-state index < -0.39 is 0 Å². The Morgan fingerprint density at radius 2 is 1.94 bits per heavy atom. The number of fused-ring (bicyclic) bond motifs is 1. The zero-order chi connectivity index (χ0) is 21.4. The Hall–Kier alpha value is -3.54. The highest BCUT2D eigenvalue weighted by Gasteiger charge is 2.30. The number of imidazole rings is 1. The van der Waals surface area contributed by atoms with E-state index in [1.54, 1.807) is 13.4 Å². The molecule has 0 radical (unpaired) electrons. The molecule has 0 fully saturated rings. The largest absolute Gasteiger partial charge is 0.495 e. The van der Waals surface area contributed by atoms with E-state index in [4.69, 9.17) is 14.0 Å². The van der Waals surface area contributed by atoms with Gasteiger partial charge in [0, 0.05) is 17.3 Å². The summed E-state index contributed by atoms with van der Waals surface area (Å²) in [7, 11) is 1.68. The number of aromatic nitrogens is 3. The average Bonchev–Trinajstić information content (AvgIpc) is 3.42. The molecule has 1 aliphatic carbocycles. The highest BCUT2D eigenvalue weighted by molar-refractivity contribution is 5.68. The van der Waals surface area contributed by atoms with E-state index in [1.165, 1.54) is 5.56 Å². The molecule has 2 aromatic heterocycles. The maximum absolute atomic E-state index is 6.24. The third kappa shape index (κ3) is 3.69. The minimum Gasteiger partial charge on any atom is -0.495 e. The zero-order valence-electron chi connectivity index (χ0n) is 18.0. The highest BCUT2D eigenvalue weighted by atomic mass is 16.5. The van der Waals surface area contributed by atoms with Crippen molar-refractivity contribution in [2.45, 2.75) is 39.2 Å². The van der Waals surface area contributed by atoms with Crippen molar-refractivity contribution in [1.29, 1.82) is 0 Å². The molecular formula is C25H25N3O3. The number of hydrogen-bond donors (Lipinski definition) is 0. The third-order valence-electron chi connectivity index (χ3n) is 5.75. The number of benzene rings is 2. The van der Waals surface area contributed by atoms with E-state index in [2.05, 4.69) is 35.3 Å². The first-order valence-corrected chi connectivity index (χ1v) is 10.5. The van der Waals surface area contributed by atoms with Crippen LogP contribution in [0.15, 0.2) is 59.5 Å². The van der Waals surface area contributed by atoms with Gasteiger partial charge < -0.3 is 18.6 Å². The van der Waals surface area contributed by atoms with E-state index in [0.29, 0.717) is 0 Å². The van der Waals surface area contributed by atoms with Gasteiger partial charge in [-0.15, -0.1) is 0 Å². The van der Waals surface area contributed by atoms with Gasteiger partial charge in [0.15, 0.2) is 11.9 Å². The monoisotopic (exact) mass is 415 g/mol. The molecule has 6 nitrogen and oxygen atoms in total. The second-order valence-corrected chi connectivity index (χ2v) is 7.99. The Morgan fingerprint density at radius 3 is 2.68 bits per heavy atom. The summed E-state index contributed by atoms with van der Waals surface area (Å²) in [4.78, 5) is 4.31. The summed E-state index contributed by atoms with van der Waals surface area (Å²) in [5, 5.41) is 4.43. The predicted octanol–water partition coefficient (Wildman–Crippen LogP) is 5.61. The smallest absolute Gasteiger partial charge is 0.181 e. The predicted molar refractivity (Wildman–Crippen MR) is 118 cm³/mol. The van der Waals surface area contributed by atoms with Crippen molar-refractivity contribution >= 4 is 0 Å². The fraction of sp³-hybridized carbons (Fsp3) is 0.280. The normalized spacial score (nSPS) is 15.5. The Bertz CT molecular complexity index is 1210.